The van der Waals surface area contributed by atoms with E-state index in [0.717, 1.165) is 30.4 Å². The van der Waals surface area contributed by atoms with Crippen LogP contribution in [0.2, 0.25) is 0 Å². The molecule has 1 atom stereocenters. The van der Waals surface area contributed by atoms with Crippen molar-refractivity contribution in [3.05, 3.63) is 40.8 Å². The molecule has 0 saturated heterocycles. The van der Waals surface area contributed by atoms with E-state index in [-0.39, 0.29) is 11.8 Å². The van der Waals surface area contributed by atoms with E-state index in [9.17, 15) is 13.2 Å². The number of amides is 2. The summed E-state index contributed by atoms with van der Waals surface area (Å²) in [6, 6.07) is 5.08. The van der Waals surface area contributed by atoms with E-state index < -0.39 is 15.9 Å². The Bertz CT molecular complexity index is 680. The van der Waals surface area contributed by atoms with E-state index in [0.29, 0.717) is 0 Å². The van der Waals surface area contributed by atoms with E-state index in [2.05, 4.69) is 16.7 Å². The summed E-state index contributed by atoms with van der Waals surface area (Å²) in [7, 11) is -3.15. The highest BCUT2D eigenvalue weighted by molar-refractivity contribution is 7.94. The molecule has 106 valence electrons. The largest absolute Gasteiger partial charge is 0.331 e. The molecule has 0 spiro atoms. The highest BCUT2D eigenvalue weighted by Gasteiger charge is 2.23. The van der Waals surface area contributed by atoms with Crippen molar-refractivity contribution in [1.82, 2.24) is 5.32 Å². The average molecular weight is 292 g/mol. The minimum atomic E-state index is -3.15. The highest BCUT2D eigenvalue weighted by atomic mass is 32.2. The lowest BCUT2D eigenvalue weighted by Crippen LogP contribution is -2.38. The first-order valence-electron chi connectivity index (χ1n) is 6.63. The molecule has 1 aromatic rings. The van der Waals surface area contributed by atoms with Crippen molar-refractivity contribution in [2.24, 2.45) is 0 Å². The fraction of sp³-hybridized carbons (Fsp3) is 0.357. The molecule has 2 N–H and O–H groups in total. The highest BCUT2D eigenvalue weighted by Crippen LogP contribution is 2.28. The van der Waals surface area contributed by atoms with Gasteiger partial charge in [-0.3, -0.25) is 0 Å². The predicted molar refractivity (Wildman–Crippen MR) is 77.3 cm³/mol. The number of nitrogens with one attached hydrogen (secondary N) is 2. The maximum absolute atomic E-state index is 11.9. The summed E-state index contributed by atoms with van der Waals surface area (Å²) in [6.45, 7) is 0. The molecule has 0 bridgehead atoms. The van der Waals surface area contributed by atoms with Crippen LogP contribution in [-0.2, 0) is 22.7 Å². The number of carbonyl (C=O) groups excluding carboxylic acids is 1. The van der Waals surface area contributed by atoms with Crippen LogP contribution in [0.4, 0.5) is 10.5 Å². The van der Waals surface area contributed by atoms with E-state index in [1.165, 1.54) is 17.2 Å². The van der Waals surface area contributed by atoms with Crippen molar-refractivity contribution in [2.45, 2.75) is 25.3 Å². The molecule has 2 amide bonds. The maximum atomic E-state index is 11.9. The molecular weight excluding hydrogens is 276 g/mol. The van der Waals surface area contributed by atoms with Gasteiger partial charge >= 0.3 is 6.03 Å². The van der Waals surface area contributed by atoms with Gasteiger partial charge in [-0.05, 0) is 42.5 Å². The molecule has 2 aliphatic rings. The number of anilines is 1. The molecule has 0 aromatic heterocycles. The first-order chi connectivity index (χ1) is 9.53. The molecule has 0 unspecified atom stereocenters. The number of carbonyl (C=O) groups is 1. The van der Waals surface area contributed by atoms with E-state index in [4.69, 9.17) is 0 Å². The fourth-order valence-electron chi connectivity index (χ4n) is 2.73. The summed E-state index contributed by atoms with van der Waals surface area (Å²) in [5.74, 6) is -0.0622. The topological polar surface area (TPSA) is 75.3 Å². The van der Waals surface area contributed by atoms with Crippen LogP contribution in [0.3, 0.4) is 0 Å². The van der Waals surface area contributed by atoms with Crippen LogP contribution in [0.15, 0.2) is 29.7 Å². The lowest BCUT2D eigenvalue weighted by Gasteiger charge is -2.13. The van der Waals surface area contributed by atoms with Crippen LogP contribution in [0.5, 0.6) is 0 Å². The van der Waals surface area contributed by atoms with Gasteiger partial charge in [0.15, 0.2) is 9.84 Å². The number of hydrogen-bond donors (Lipinski definition) is 2. The molecular formula is C14H16N2O3S. The van der Waals surface area contributed by atoms with Gasteiger partial charge in [0.1, 0.15) is 0 Å². The zero-order valence-electron chi connectivity index (χ0n) is 10.9. The summed E-state index contributed by atoms with van der Waals surface area (Å²) in [5, 5.41) is 6.63. The molecule has 0 saturated carbocycles. The third kappa shape index (κ3) is 2.70. The Labute approximate surface area is 118 Å². The zero-order chi connectivity index (χ0) is 14.2. The molecule has 1 aliphatic heterocycles. The standard InChI is InChI=1S/C14H16N2O3S/c17-14(15-11-7-8-20(18,19)9-11)16-13-6-2-4-10-3-1-5-12(10)13/h2,4,6-8,11H,1,3,5,9H2,(H2,15,16,17)/t11-/m1/s1. The second-order valence-corrected chi connectivity index (χ2v) is 7.09. The van der Waals surface area contributed by atoms with E-state index in [1.54, 1.807) is 0 Å². The van der Waals surface area contributed by atoms with Crippen molar-refractivity contribution >= 4 is 21.6 Å². The molecule has 6 heteroatoms. The number of urea groups is 1. The Kier molecular flexibility index (Phi) is 3.25. The Balaban J connectivity index is 1.66. The first kappa shape index (κ1) is 13.2. The number of fused-ring (bicyclic) bond motifs is 1. The van der Waals surface area contributed by atoms with Gasteiger partial charge in [0, 0.05) is 11.1 Å². The Morgan fingerprint density at radius 1 is 1.25 bits per heavy atom. The van der Waals surface area contributed by atoms with Gasteiger partial charge in [0.25, 0.3) is 0 Å². The van der Waals surface area contributed by atoms with Gasteiger partial charge < -0.3 is 10.6 Å². The van der Waals surface area contributed by atoms with E-state index in [1.807, 2.05) is 12.1 Å². The molecule has 1 aliphatic carbocycles. The van der Waals surface area contributed by atoms with Crippen LogP contribution >= 0.6 is 0 Å². The van der Waals surface area contributed by atoms with Gasteiger partial charge in [-0.2, -0.15) is 0 Å². The minimum absolute atomic E-state index is 0.0622. The second-order valence-electron chi connectivity index (χ2n) is 5.16. The predicted octanol–water partition coefficient (Wildman–Crippen LogP) is 1.61. The number of aryl methyl sites for hydroxylation is 1. The third-order valence-corrected chi connectivity index (χ3v) is 5.04. The minimum Gasteiger partial charge on any atom is -0.331 e. The SMILES string of the molecule is O=C(Nc1cccc2c1CCC2)N[C@@H]1C=CS(=O)(=O)C1. The van der Waals surface area contributed by atoms with Crippen molar-refractivity contribution < 1.29 is 13.2 Å². The Hall–Kier alpha value is -1.82. The Morgan fingerprint density at radius 2 is 2.10 bits per heavy atom. The van der Waals surface area contributed by atoms with Gasteiger partial charge in [-0.25, -0.2) is 13.2 Å². The summed E-state index contributed by atoms with van der Waals surface area (Å²) in [5.41, 5.74) is 3.30. The lowest BCUT2D eigenvalue weighted by atomic mass is 10.1. The lowest BCUT2D eigenvalue weighted by molar-refractivity contribution is 0.251. The summed E-state index contributed by atoms with van der Waals surface area (Å²) in [4.78, 5) is 11.9. The van der Waals surface area contributed by atoms with Crippen LogP contribution in [0.1, 0.15) is 17.5 Å². The van der Waals surface area contributed by atoms with Crippen molar-refractivity contribution in [3.8, 4) is 0 Å². The van der Waals surface area contributed by atoms with Crippen LogP contribution in [0.25, 0.3) is 0 Å². The number of sulfone groups is 1. The van der Waals surface area contributed by atoms with Crippen molar-refractivity contribution in [2.75, 3.05) is 11.1 Å². The molecule has 3 rings (SSSR count). The molecule has 5 nitrogen and oxygen atoms in total. The molecule has 1 aromatic carbocycles. The first-order valence-corrected chi connectivity index (χ1v) is 8.34. The number of benzene rings is 1. The van der Waals surface area contributed by atoms with E-state index >= 15 is 0 Å². The monoisotopic (exact) mass is 292 g/mol. The maximum Gasteiger partial charge on any atom is 0.319 e. The number of hydrogen-bond acceptors (Lipinski definition) is 3. The second kappa shape index (κ2) is 4.94. The molecule has 0 radical (unpaired) electrons. The quantitative estimate of drug-likeness (QED) is 0.869. The number of rotatable bonds is 2. The molecule has 1 heterocycles. The van der Waals surface area contributed by atoms with Crippen molar-refractivity contribution in [3.63, 3.8) is 0 Å². The fourth-order valence-corrected chi connectivity index (χ4v) is 3.96. The van der Waals surface area contributed by atoms with Gasteiger partial charge in [-0.1, -0.05) is 12.1 Å². The normalized spacial score (nSPS) is 22.5. The summed E-state index contributed by atoms with van der Waals surface area (Å²) in [6.07, 6.45) is 4.64. The summed E-state index contributed by atoms with van der Waals surface area (Å²) < 4.78 is 22.6. The van der Waals surface area contributed by atoms with Gasteiger partial charge in [0.2, 0.25) is 0 Å². The Morgan fingerprint density at radius 3 is 2.85 bits per heavy atom. The van der Waals surface area contributed by atoms with Crippen LogP contribution in [0, 0.1) is 0 Å². The average Bonchev–Trinajstić information content (AvgIpc) is 2.96. The van der Waals surface area contributed by atoms with Gasteiger partial charge in [-0.15, -0.1) is 0 Å². The molecule has 0 fully saturated rings. The third-order valence-electron chi connectivity index (χ3n) is 3.64. The molecule has 20 heavy (non-hydrogen) atoms. The zero-order valence-corrected chi connectivity index (χ0v) is 11.7. The summed E-state index contributed by atoms with van der Waals surface area (Å²) >= 11 is 0. The van der Waals surface area contributed by atoms with Crippen molar-refractivity contribution in [1.29, 1.82) is 0 Å². The smallest absolute Gasteiger partial charge is 0.319 e. The van der Waals surface area contributed by atoms with Gasteiger partial charge in [0.05, 0.1) is 11.8 Å². The van der Waals surface area contributed by atoms with Crippen LogP contribution in [-0.4, -0.2) is 26.2 Å². The van der Waals surface area contributed by atoms with Crippen LogP contribution < -0.4 is 10.6 Å².